The average Bonchev–Trinajstić information content (AvgIpc) is 2.78. The number of hydrogen-bond acceptors (Lipinski definition) is 3. The summed E-state index contributed by atoms with van der Waals surface area (Å²) in [6.07, 6.45) is 0. The summed E-state index contributed by atoms with van der Waals surface area (Å²) in [6.45, 7) is 3.70. The predicted molar refractivity (Wildman–Crippen MR) is 126 cm³/mol. The molecule has 3 aromatic carbocycles. The molecule has 1 unspecified atom stereocenters. The first-order chi connectivity index (χ1) is 14.6. The van der Waals surface area contributed by atoms with Gasteiger partial charge in [-0.25, -0.2) is 0 Å². The summed E-state index contributed by atoms with van der Waals surface area (Å²) in [5.41, 5.74) is 5.66. The monoisotopic (exact) mass is 401 g/mol. The van der Waals surface area contributed by atoms with Crippen LogP contribution in [-0.2, 0) is 0 Å². The number of nitrogens with zero attached hydrogens (tertiary/aromatic N) is 1. The predicted octanol–water partition coefficient (Wildman–Crippen LogP) is 5.21. The van der Waals surface area contributed by atoms with Crippen LogP contribution in [0.2, 0.25) is 0 Å². The van der Waals surface area contributed by atoms with Crippen molar-refractivity contribution in [1.82, 2.24) is 4.90 Å². The molecule has 3 nitrogen and oxygen atoms in total. The lowest BCUT2D eigenvalue weighted by Gasteiger charge is -2.22. The summed E-state index contributed by atoms with van der Waals surface area (Å²) >= 11 is 0. The molecule has 1 N–H and O–H groups in total. The molecule has 0 spiro atoms. The number of likely N-dealkylation sites (N-methyl/N-ethyl adjacent to an activating group) is 1. The van der Waals surface area contributed by atoms with Crippen molar-refractivity contribution in [3.05, 3.63) is 102 Å². The summed E-state index contributed by atoms with van der Waals surface area (Å²) in [7, 11) is 4.08. The number of benzene rings is 3. The fraction of sp³-hybridized carbons (Fsp3) is 0.259. The van der Waals surface area contributed by atoms with Crippen LogP contribution in [0, 0.1) is 5.92 Å². The Morgan fingerprint density at radius 2 is 1.33 bits per heavy atom. The van der Waals surface area contributed by atoms with Gasteiger partial charge in [0.1, 0.15) is 12.4 Å². The third-order valence-electron chi connectivity index (χ3n) is 5.13. The first-order valence-electron chi connectivity index (χ1n) is 10.4. The quantitative estimate of drug-likeness (QED) is 0.499. The maximum Gasteiger partial charge on any atom is 0.119 e. The van der Waals surface area contributed by atoms with E-state index in [2.05, 4.69) is 60.4 Å². The molecule has 3 rings (SSSR count). The van der Waals surface area contributed by atoms with Gasteiger partial charge in [0.15, 0.2) is 0 Å². The second-order valence-corrected chi connectivity index (χ2v) is 7.78. The van der Waals surface area contributed by atoms with Gasteiger partial charge in [0.05, 0.1) is 0 Å². The molecular formula is C27H31NO2. The summed E-state index contributed by atoms with van der Waals surface area (Å²) in [5, 5.41) is 10.0. The highest BCUT2D eigenvalue weighted by molar-refractivity contribution is 5.99. The van der Waals surface area contributed by atoms with Crippen molar-refractivity contribution in [3.8, 4) is 5.75 Å². The van der Waals surface area contributed by atoms with Crippen LogP contribution in [0.4, 0.5) is 0 Å². The lowest BCUT2D eigenvalue weighted by Crippen LogP contribution is -2.19. The van der Waals surface area contributed by atoms with E-state index in [-0.39, 0.29) is 12.5 Å². The highest BCUT2D eigenvalue weighted by Gasteiger charge is 2.19. The van der Waals surface area contributed by atoms with Crippen LogP contribution in [0.3, 0.4) is 0 Å². The van der Waals surface area contributed by atoms with Crippen LogP contribution in [0.5, 0.6) is 5.75 Å². The average molecular weight is 402 g/mol. The minimum atomic E-state index is -0.00127. The maximum atomic E-state index is 10.0. The van der Waals surface area contributed by atoms with Crippen LogP contribution in [0.1, 0.15) is 23.6 Å². The Labute approximate surface area is 180 Å². The normalized spacial score (nSPS) is 13.1. The Hall–Kier alpha value is -2.88. The van der Waals surface area contributed by atoms with Crippen molar-refractivity contribution in [3.63, 3.8) is 0 Å². The number of ether oxygens (including phenoxy) is 1. The highest BCUT2D eigenvalue weighted by Crippen LogP contribution is 2.37. The molecule has 0 heterocycles. The second-order valence-electron chi connectivity index (χ2n) is 7.78. The minimum Gasteiger partial charge on any atom is -0.492 e. The van der Waals surface area contributed by atoms with Crippen molar-refractivity contribution < 1.29 is 9.84 Å². The molecule has 0 saturated carbocycles. The van der Waals surface area contributed by atoms with E-state index in [1.54, 1.807) is 0 Å². The molecule has 156 valence electrons. The third-order valence-corrected chi connectivity index (χ3v) is 5.13. The van der Waals surface area contributed by atoms with Gasteiger partial charge >= 0.3 is 0 Å². The van der Waals surface area contributed by atoms with Gasteiger partial charge in [-0.2, -0.15) is 0 Å². The molecule has 0 radical (unpaired) electrons. The van der Waals surface area contributed by atoms with Crippen molar-refractivity contribution in [2.45, 2.75) is 6.92 Å². The van der Waals surface area contributed by atoms with E-state index in [0.717, 1.165) is 40.1 Å². The first kappa shape index (κ1) is 21.8. The zero-order valence-corrected chi connectivity index (χ0v) is 18.1. The Kier molecular flexibility index (Phi) is 7.83. The maximum absolute atomic E-state index is 10.0. The molecule has 0 aliphatic rings. The van der Waals surface area contributed by atoms with Crippen molar-refractivity contribution in [2.24, 2.45) is 5.92 Å². The molecule has 0 fully saturated rings. The van der Waals surface area contributed by atoms with Gasteiger partial charge in [-0.3, -0.25) is 0 Å². The topological polar surface area (TPSA) is 32.7 Å². The van der Waals surface area contributed by atoms with Gasteiger partial charge in [0.2, 0.25) is 0 Å². The molecule has 0 aliphatic carbocycles. The van der Waals surface area contributed by atoms with E-state index in [1.165, 1.54) is 0 Å². The van der Waals surface area contributed by atoms with Crippen LogP contribution in [-0.4, -0.2) is 43.9 Å². The molecule has 3 aromatic rings. The molecule has 1 atom stereocenters. The van der Waals surface area contributed by atoms with Crippen LogP contribution < -0.4 is 4.74 Å². The van der Waals surface area contributed by atoms with E-state index in [4.69, 9.17) is 4.74 Å². The van der Waals surface area contributed by atoms with E-state index >= 15 is 0 Å². The van der Waals surface area contributed by atoms with Gasteiger partial charge in [0, 0.05) is 19.1 Å². The first-order valence-corrected chi connectivity index (χ1v) is 10.4. The lowest BCUT2D eigenvalue weighted by molar-refractivity contribution is 0.261. The van der Waals surface area contributed by atoms with E-state index in [9.17, 15) is 5.11 Å². The van der Waals surface area contributed by atoms with E-state index in [1.807, 2.05) is 50.5 Å². The standard InChI is InChI=1S/C27H31NO2/c1-21(20-29)26(22-10-6-4-7-11-22)27(23-12-8-5-9-13-23)24-14-16-25(17-15-24)30-19-18-28(2)3/h4-17,21,29H,18-20H2,1-3H3/b27-26-. The molecule has 0 amide bonds. The number of rotatable bonds is 9. The smallest absolute Gasteiger partial charge is 0.119 e. The SMILES string of the molecule is CC(CO)/C(=C(\c1ccccc1)c1ccc(OCCN(C)C)cc1)c1ccccc1. The molecular weight excluding hydrogens is 370 g/mol. The zero-order chi connectivity index (χ0) is 21.3. The van der Waals surface area contributed by atoms with Crippen molar-refractivity contribution >= 4 is 11.1 Å². The fourth-order valence-corrected chi connectivity index (χ4v) is 3.53. The summed E-state index contributed by atoms with van der Waals surface area (Å²) in [4.78, 5) is 2.10. The Balaban J connectivity index is 2.08. The Morgan fingerprint density at radius 3 is 1.87 bits per heavy atom. The molecule has 3 heteroatoms. The minimum absolute atomic E-state index is 0.00127. The van der Waals surface area contributed by atoms with Gasteiger partial charge in [-0.1, -0.05) is 79.7 Å². The fourth-order valence-electron chi connectivity index (χ4n) is 3.53. The highest BCUT2D eigenvalue weighted by atomic mass is 16.5. The molecule has 0 saturated heterocycles. The van der Waals surface area contributed by atoms with Crippen LogP contribution >= 0.6 is 0 Å². The number of aliphatic hydroxyl groups excluding tert-OH is 1. The molecule has 0 aliphatic heterocycles. The van der Waals surface area contributed by atoms with Crippen LogP contribution in [0.25, 0.3) is 11.1 Å². The Morgan fingerprint density at radius 1 is 0.800 bits per heavy atom. The third kappa shape index (κ3) is 5.59. The number of aliphatic hydroxyl groups is 1. The zero-order valence-electron chi connectivity index (χ0n) is 18.1. The van der Waals surface area contributed by atoms with Crippen LogP contribution in [0.15, 0.2) is 84.9 Å². The second kappa shape index (κ2) is 10.8. The van der Waals surface area contributed by atoms with Gasteiger partial charge in [-0.15, -0.1) is 0 Å². The summed E-state index contributed by atoms with van der Waals surface area (Å²) in [5.74, 6) is 0.864. The lowest BCUT2D eigenvalue weighted by atomic mass is 9.83. The Bertz CT molecular complexity index is 932. The van der Waals surface area contributed by atoms with E-state index in [0.29, 0.717) is 6.61 Å². The van der Waals surface area contributed by atoms with Crippen molar-refractivity contribution in [1.29, 1.82) is 0 Å². The van der Waals surface area contributed by atoms with Crippen molar-refractivity contribution in [2.75, 3.05) is 33.9 Å². The van der Waals surface area contributed by atoms with Gasteiger partial charge < -0.3 is 14.7 Å². The van der Waals surface area contributed by atoms with Gasteiger partial charge in [0.25, 0.3) is 0 Å². The molecule has 0 aromatic heterocycles. The molecule has 30 heavy (non-hydrogen) atoms. The number of hydrogen-bond donors (Lipinski definition) is 1. The largest absolute Gasteiger partial charge is 0.492 e. The molecule has 0 bridgehead atoms. The van der Waals surface area contributed by atoms with Gasteiger partial charge in [-0.05, 0) is 54.1 Å². The van der Waals surface area contributed by atoms with E-state index < -0.39 is 0 Å². The summed E-state index contributed by atoms with van der Waals surface area (Å²) < 4.78 is 5.87. The summed E-state index contributed by atoms with van der Waals surface area (Å²) in [6, 6.07) is 29.0.